The molecule has 4 heterocycles. The third-order valence-corrected chi connectivity index (χ3v) is 6.66. The van der Waals surface area contributed by atoms with Crippen molar-refractivity contribution < 1.29 is 22.7 Å². The van der Waals surface area contributed by atoms with E-state index in [0.29, 0.717) is 20.6 Å². The van der Waals surface area contributed by atoms with E-state index in [1.54, 1.807) is 6.92 Å². The van der Waals surface area contributed by atoms with E-state index in [-0.39, 0.29) is 33.4 Å². The molecule has 0 atom stereocenters. The Morgan fingerprint density at radius 1 is 1.08 bits per heavy atom. The second-order valence-electron chi connectivity index (χ2n) is 8.08. The summed E-state index contributed by atoms with van der Waals surface area (Å²) >= 11 is 4.28. The first-order chi connectivity index (χ1) is 18.5. The summed E-state index contributed by atoms with van der Waals surface area (Å²) in [6, 6.07) is 5.51. The molecule has 0 aliphatic carbocycles. The van der Waals surface area contributed by atoms with Crippen LogP contribution < -0.4 is 15.6 Å². The number of ether oxygens (including phenoxy) is 1. The third kappa shape index (κ3) is 5.35. The third-order valence-electron chi connectivity index (χ3n) is 5.42. The van der Waals surface area contributed by atoms with Gasteiger partial charge in [-0.15, -0.1) is 0 Å². The number of pyridine rings is 1. The van der Waals surface area contributed by atoms with Gasteiger partial charge in [-0.2, -0.15) is 27.9 Å². The number of carbonyl (C=O) groups is 1. The number of rotatable bonds is 5. The van der Waals surface area contributed by atoms with Crippen molar-refractivity contribution in [3.8, 4) is 22.7 Å². The molecule has 0 saturated heterocycles. The summed E-state index contributed by atoms with van der Waals surface area (Å²) in [5.74, 6) is -0.660. The molecule has 0 bridgehead atoms. The van der Waals surface area contributed by atoms with Crippen molar-refractivity contribution in [2.24, 2.45) is 0 Å². The number of halogens is 4. The van der Waals surface area contributed by atoms with E-state index < -0.39 is 23.2 Å². The van der Waals surface area contributed by atoms with Crippen LogP contribution in [0.15, 0.2) is 58.3 Å². The summed E-state index contributed by atoms with van der Waals surface area (Å²) in [5, 5.41) is 6.85. The SMILES string of the molecule is COc1ccc(C(F)(F)F)cc1-c1cc(-n2ncc(C)cc2=O)ncc1C(=O)Nc1nc2ncc(Br)nc2s1. The topological polar surface area (TPSA) is 125 Å². The maximum absolute atomic E-state index is 13.6. The van der Waals surface area contributed by atoms with Gasteiger partial charge in [0.2, 0.25) is 0 Å². The van der Waals surface area contributed by atoms with Gasteiger partial charge in [0.25, 0.3) is 11.5 Å². The zero-order chi connectivity index (χ0) is 27.9. The summed E-state index contributed by atoms with van der Waals surface area (Å²) in [7, 11) is 1.29. The lowest BCUT2D eigenvalue weighted by Crippen LogP contribution is -2.22. The molecule has 1 aromatic carbocycles. The molecule has 0 aliphatic heterocycles. The molecule has 4 aromatic heterocycles. The number of methoxy groups -OCH3 is 1. The first-order valence-corrected chi connectivity index (χ1v) is 12.6. The van der Waals surface area contributed by atoms with E-state index in [4.69, 9.17) is 4.74 Å². The molecular formula is C24H15BrF3N7O3S. The Kier molecular flexibility index (Phi) is 6.86. The predicted molar refractivity (Wildman–Crippen MR) is 140 cm³/mol. The fraction of sp³-hybridized carbons (Fsp3) is 0.125. The molecule has 0 radical (unpaired) electrons. The average molecular weight is 618 g/mol. The Morgan fingerprint density at radius 3 is 2.59 bits per heavy atom. The number of benzene rings is 1. The van der Waals surface area contributed by atoms with Crippen LogP contribution in [-0.4, -0.2) is 42.7 Å². The van der Waals surface area contributed by atoms with Gasteiger partial charge in [0.15, 0.2) is 21.4 Å². The highest BCUT2D eigenvalue weighted by Gasteiger charge is 2.32. The minimum atomic E-state index is -4.66. The lowest BCUT2D eigenvalue weighted by molar-refractivity contribution is -0.137. The number of nitrogens with zero attached hydrogens (tertiary/aromatic N) is 6. The van der Waals surface area contributed by atoms with Gasteiger partial charge in [-0.25, -0.2) is 15.0 Å². The monoisotopic (exact) mass is 617 g/mol. The van der Waals surface area contributed by atoms with Crippen LogP contribution in [0.1, 0.15) is 21.5 Å². The first-order valence-electron chi connectivity index (χ1n) is 11.0. The normalized spacial score (nSPS) is 11.5. The number of aryl methyl sites for hydroxylation is 1. The van der Waals surface area contributed by atoms with Crippen molar-refractivity contribution in [2.45, 2.75) is 13.1 Å². The maximum atomic E-state index is 13.6. The number of thiazole rings is 1. The number of aromatic nitrogens is 6. The van der Waals surface area contributed by atoms with Crippen LogP contribution in [-0.2, 0) is 6.18 Å². The molecule has 0 fully saturated rings. The molecular weight excluding hydrogens is 603 g/mol. The minimum absolute atomic E-state index is 0.00995. The van der Waals surface area contributed by atoms with Gasteiger partial charge in [0, 0.05) is 23.4 Å². The van der Waals surface area contributed by atoms with Crippen LogP contribution in [0.3, 0.4) is 0 Å². The lowest BCUT2D eigenvalue weighted by atomic mass is 9.97. The van der Waals surface area contributed by atoms with E-state index in [9.17, 15) is 22.8 Å². The predicted octanol–water partition coefficient (Wildman–Crippen LogP) is 5.04. The standard InChI is InChI=1S/C24H15BrF3N7O3S/c1-11-5-19(36)35(31-8-11)18-7-13(14-6-12(24(26,27)28)3-4-16(14)38-2)15(9-29-18)21(37)34-23-33-20-22(39-23)32-17(25)10-30-20/h3-10H,1-2H3,(H,30,33,34,37). The average Bonchev–Trinajstić information content (AvgIpc) is 3.28. The van der Waals surface area contributed by atoms with Crippen LogP contribution in [0.4, 0.5) is 18.3 Å². The number of nitrogens with one attached hydrogen (secondary N) is 1. The van der Waals surface area contributed by atoms with Gasteiger partial charge in [-0.1, -0.05) is 11.3 Å². The van der Waals surface area contributed by atoms with Crippen LogP contribution in [0.2, 0.25) is 0 Å². The Bertz CT molecular complexity index is 1810. The number of alkyl halides is 3. The van der Waals surface area contributed by atoms with Gasteiger partial charge in [0.05, 0.1) is 30.6 Å². The second kappa shape index (κ2) is 10.1. The summed E-state index contributed by atoms with van der Waals surface area (Å²) in [6.07, 6.45) is -0.630. The van der Waals surface area contributed by atoms with Gasteiger partial charge >= 0.3 is 6.18 Å². The molecule has 1 amide bonds. The van der Waals surface area contributed by atoms with E-state index in [1.807, 2.05) is 0 Å². The Hall–Kier alpha value is -4.24. The van der Waals surface area contributed by atoms with Crippen molar-refractivity contribution in [3.05, 3.63) is 80.6 Å². The Labute approximate surface area is 229 Å². The smallest absolute Gasteiger partial charge is 0.416 e. The van der Waals surface area contributed by atoms with Crippen LogP contribution in [0.5, 0.6) is 5.75 Å². The van der Waals surface area contributed by atoms with Gasteiger partial charge in [-0.3, -0.25) is 14.9 Å². The summed E-state index contributed by atoms with van der Waals surface area (Å²) in [5.41, 5.74) is -0.675. The van der Waals surface area contributed by atoms with Crippen molar-refractivity contribution in [3.63, 3.8) is 0 Å². The maximum Gasteiger partial charge on any atom is 0.416 e. The number of fused-ring (bicyclic) bond motifs is 1. The Balaban J connectivity index is 1.66. The molecule has 15 heteroatoms. The second-order valence-corrected chi connectivity index (χ2v) is 9.87. The molecule has 198 valence electrons. The van der Waals surface area contributed by atoms with Gasteiger partial charge in [-0.05, 0) is 52.7 Å². The molecule has 5 rings (SSSR count). The fourth-order valence-corrected chi connectivity index (χ4v) is 4.84. The number of carbonyl (C=O) groups excluding carboxylic acids is 1. The van der Waals surface area contributed by atoms with Crippen molar-refractivity contribution in [2.75, 3.05) is 12.4 Å². The van der Waals surface area contributed by atoms with E-state index >= 15 is 0 Å². The quantitative estimate of drug-likeness (QED) is 0.291. The molecule has 5 aromatic rings. The minimum Gasteiger partial charge on any atom is -0.496 e. The van der Waals surface area contributed by atoms with E-state index in [2.05, 4.69) is 46.3 Å². The first kappa shape index (κ1) is 26.4. The molecule has 0 aliphatic rings. The zero-order valence-electron chi connectivity index (χ0n) is 19.9. The summed E-state index contributed by atoms with van der Waals surface area (Å²) in [6.45, 7) is 1.68. The highest BCUT2D eigenvalue weighted by molar-refractivity contribution is 9.10. The van der Waals surface area contributed by atoms with Crippen molar-refractivity contribution in [1.29, 1.82) is 0 Å². The lowest BCUT2D eigenvalue weighted by Gasteiger charge is -2.16. The molecule has 10 nitrogen and oxygen atoms in total. The van der Waals surface area contributed by atoms with E-state index in [0.717, 1.165) is 40.4 Å². The van der Waals surface area contributed by atoms with E-state index in [1.165, 1.54) is 31.6 Å². The van der Waals surface area contributed by atoms with Crippen molar-refractivity contribution in [1.82, 2.24) is 29.7 Å². The Morgan fingerprint density at radius 2 is 1.87 bits per heavy atom. The fourth-order valence-electron chi connectivity index (χ4n) is 3.65. The largest absolute Gasteiger partial charge is 0.496 e. The highest BCUT2D eigenvalue weighted by Crippen LogP contribution is 2.39. The zero-order valence-corrected chi connectivity index (χ0v) is 22.3. The molecule has 1 N–H and O–H groups in total. The number of hydrogen-bond donors (Lipinski definition) is 1. The van der Waals surface area contributed by atoms with Gasteiger partial charge in [0.1, 0.15) is 10.4 Å². The molecule has 0 saturated carbocycles. The molecule has 0 unspecified atom stereocenters. The van der Waals surface area contributed by atoms with Crippen LogP contribution in [0, 0.1) is 6.92 Å². The summed E-state index contributed by atoms with van der Waals surface area (Å²) < 4.78 is 47.6. The van der Waals surface area contributed by atoms with Gasteiger partial charge < -0.3 is 4.74 Å². The number of anilines is 1. The highest BCUT2D eigenvalue weighted by atomic mass is 79.9. The van der Waals surface area contributed by atoms with Crippen molar-refractivity contribution >= 4 is 48.8 Å². The molecule has 39 heavy (non-hydrogen) atoms. The number of amides is 1. The number of hydrogen-bond acceptors (Lipinski definition) is 9. The summed E-state index contributed by atoms with van der Waals surface area (Å²) in [4.78, 5) is 43.2. The van der Waals surface area contributed by atoms with Crippen LogP contribution >= 0.6 is 27.3 Å². The molecule has 0 spiro atoms. The van der Waals surface area contributed by atoms with Crippen LogP contribution in [0.25, 0.3) is 27.4 Å².